The maximum Gasteiger partial charge on any atom is 0.0506 e. The van der Waals surface area contributed by atoms with Crippen LogP contribution in [0.1, 0.15) is 45.4 Å². The third-order valence-electron chi connectivity index (χ3n) is 4.35. The Balaban J connectivity index is 1.61. The Morgan fingerprint density at radius 1 is 1.33 bits per heavy atom. The van der Waals surface area contributed by atoms with Crippen molar-refractivity contribution in [3.63, 3.8) is 0 Å². The smallest absolute Gasteiger partial charge is 0.0506 e. The first kappa shape index (κ1) is 11.4. The maximum atomic E-state index is 5.49. The molecule has 1 aliphatic carbocycles. The summed E-state index contributed by atoms with van der Waals surface area (Å²) in [5, 5.41) is 3.67. The Kier molecular flexibility index (Phi) is 4.04. The van der Waals surface area contributed by atoms with Gasteiger partial charge in [0.25, 0.3) is 0 Å². The fourth-order valence-electron chi connectivity index (χ4n) is 2.84. The molecule has 0 bridgehead atoms. The van der Waals surface area contributed by atoms with Crippen LogP contribution in [0, 0.1) is 11.3 Å². The van der Waals surface area contributed by atoms with Crippen molar-refractivity contribution in [2.24, 2.45) is 11.3 Å². The van der Waals surface area contributed by atoms with E-state index in [-0.39, 0.29) is 0 Å². The molecule has 2 rings (SSSR count). The molecule has 1 saturated heterocycles. The van der Waals surface area contributed by atoms with E-state index in [1.807, 2.05) is 0 Å². The van der Waals surface area contributed by atoms with Crippen molar-refractivity contribution in [1.29, 1.82) is 0 Å². The monoisotopic (exact) mass is 211 g/mol. The van der Waals surface area contributed by atoms with Gasteiger partial charge in [-0.05, 0) is 43.4 Å². The van der Waals surface area contributed by atoms with Crippen molar-refractivity contribution in [2.75, 3.05) is 26.3 Å². The highest BCUT2D eigenvalue weighted by atomic mass is 16.5. The minimum Gasteiger partial charge on any atom is -0.381 e. The molecule has 2 fully saturated rings. The van der Waals surface area contributed by atoms with Crippen LogP contribution in [-0.4, -0.2) is 26.3 Å². The van der Waals surface area contributed by atoms with Crippen molar-refractivity contribution in [1.82, 2.24) is 5.32 Å². The SMILES string of the molecule is CCC1(CNCC2CCCOC2)CCC1. The maximum absolute atomic E-state index is 5.49. The molecule has 2 nitrogen and oxygen atoms in total. The summed E-state index contributed by atoms with van der Waals surface area (Å²) in [6.45, 7) is 6.70. The van der Waals surface area contributed by atoms with Crippen LogP contribution >= 0.6 is 0 Å². The molecule has 1 unspecified atom stereocenters. The van der Waals surface area contributed by atoms with Crippen LogP contribution < -0.4 is 5.32 Å². The fraction of sp³-hybridized carbons (Fsp3) is 1.00. The summed E-state index contributed by atoms with van der Waals surface area (Å²) in [5.41, 5.74) is 0.662. The number of rotatable bonds is 5. The van der Waals surface area contributed by atoms with E-state index in [1.54, 1.807) is 0 Å². The normalized spacial score (nSPS) is 29.8. The third kappa shape index (κ3) is 2.94. The van der Waals surface area contributed by atoms with Gasteiger partial charge in [-0.25, -0.2) is 0 Å². The molecule has 1 saturated carbocycles. The predicted molar refractivity (Wildman–Crippen MR) is 63.0 cm³/mol. The molecule has 1 aliphatic heterocycles. The van der Waals surface area contributed by atoms with Crippen molar-refractivity contribution >= 4 is 0 Å². The van der Waals surface area contributed by atoms with Gasteiger partial charge in [-0.2, -0.15) is 0 Å². The Hall–Kier alpha value is -0.0800. The Bertz CT molecular complexity index is 177. The minimum atomic E-state index is 0.662. The van der Waals surface area contributed by atoms with Crippen molar-refractivity contribution in [3.8, 4) is 0 Å². The van der Waals surface area contributed by atoms with Crippen molar-refractivity contribution in [3.05, 3.63) is 0 Å². The Labute approximate surface area is 93.8 Å². The number of ether oxygens (including phenoxy) is 1. The number of nitrogens with one attached hydrogen (secondary N) is 1. The van der Waals surface area contributed by atoms with Gasteiger partial charge in [-0.15, -0.1) is 0 Å². The highest BCUT2D eigenvalue weighted by Gasteiger charge is 2.34. The Morgan fingerprint density at radius 3 is 2.73 bits per heavy atom. The van der Waals surface area contributed by atoms with Crippen LogP contribution in [0.5, 0.6) is 0 Å². The molecule has 1 atom stereocenters. The van der Waals surface area contributed by atoms with Gasteiger partial charge in [0, 0.05) is 19.7 Å². The van der Waals surface area contributed by atoms with E-state index in [9.17, 15) is 0 Å². The lowest BCUT2D eigenvalue weighted by molar-refractivity contribution is 0.0507. The van der Waals surface area contributed by atoms with Crippen LogP contribution in [0.3, 0.4) is 0 Å². The summed E-state index contributed by atoms with van der Waals surface area (Å²) in [7, 11) is 0. The lowest BCUT2D eigenvalue weighted by Gasteiger charge is -2.42. The number of hydrogen-bond donors (Lipinski definition) is 1. The van der Waals surface area contributed by atoms with Gasteiger partial charge in [0.15, 0.2) is 0 Å². The standard InChI is InChI=1S/C13H25NO/c1-2-13(6-4-7-13)11-14-9-12-5-3-8-15-10-12/h12,14H,2-11H2,1H3. The van der Waals surface area contributed by atoms with E-state index in [0.717, 1.165) is 19.1 Å². The zero-order valence-corrected chi connectivity index (χ0v) is 10.1. The average molecular weight is 211 g/mol. The molecule has 0 amide bonds. The molecule has 0 radical (unpaired) electrons. The summed E-state index contributed by atoms with van der Waals surface area (Å²) in [5.74, 6) is 0.771. The molecule has 0 spiro atoms. The van der Waals surface area contributed by atoms with Gasteiger partial charge in [-0.1, -0.05) is 13.3 Å². The lowest BCUT2D eigenvalue weighted by atomic mass is 9.67. The van der Waals surface area contributed by atoms with E-state index in [1.165, 1.54) is 51.6 Å². The van der Waals surface area contributed by atoms with Crippen LogP contribution in [0.15, 0.2) is 0 Å². The van der Waals surface area contributed by atoms with Gasteiger partial charge in [0.05, 0.1) is 6.61 Å². The van der Waals surface area contributed by atoms with Gasteiger partial charge in [-0.3, -0.25) is 0 Å². The van der Waals surface area contributed by atoms with Crippen LogP contribution in [0.2, 0.25) is 0 Å². The summed E-state index contributed by atoms with van der Waals surface area (Å²) >= 11 is 0. The van der Waals surface area contributed by atoms with E-state index in [2.05, 4.69) is 12.2 Å². The highest BCUT2D eigenvalue weighted by Crippen LogP contribution is 2.43. The van der Waals surface area contributed by atoms with Crippen molar-refractivity contribution in [2.45, 2.75) is 45.4 Å². The zero-order valence-electron chi connectivity index (χ0n) is 10.1. The first-order valence-corrected chi connectivity index (χ1v) is 6.63. The topological polar surface area (TPSA) is 21.3 Å². The Morgan fingerprint density at radius 2 is 2.20 bits per heavy atom. The first-order chi connectivity index (χ1) is 7.35. The van der Waals surface area contributed by atoms with Crippen LogP contribution in [-0.2, 0) is 4.74 Å². The van der Waals surface area contributed by atoms with Crippen LogP contribution in [0.4, 0.5) is 0 Å². The molecule has 0 aromatic heterocycles. The third-order valence-corrected chi connectivity index (χ3v) is 4.35. The van der Waals surface area contributed by atoms with E-state index >= 15 is 0 Å². The van der Waals surface area contributed by atoms with Gasteiger partial charge < -0.3 is 10.1 Å². The van der Waals surface area contributed by atoms with E-state index < -0.39 is 0 Å². The van der Waals surface area contributed by atoms with E-state index in [0.29, 0.717) is 5.41 Å². The summed E-state index contributed by atoms with van der Waals surface area (Å²) in [6, 6.07) is 0. The molecule has 1 N–H and O–H groups in total. The second-order valence-corrected chi connectivity index (χ2v) is 5.42. The molecular formula is C13H25NO. The van der Waals surface area contributed by atoms with E-state index in [4.69, 9.17) is 4.74 Å². The van der Waals surface area contributed by atoms with Crippen LogP contribution in [0.25, 0.3) is 0 Å². The molecular weight excluding hydrogens is 186 g/mol. The molecule has 15 heavy (non-hydrogen) atoms. The minimum absolute atomic E-state index is 0.662. The largest absolute Gasteiger partial charge is 0.381 e. The molecule has 0 aromatic carbocycles. The predicted octanol–water partition coefficient (Wildman–Crippen LogP) is 2.58. The molecule has 2 aliphatic rings. The first-order valence-electron chi connectivity index (χ1n) is 6.63. The average Bonchev–Trinajstić information content (AvgIpc) is 2.24. The molecule has 88 valence electrons. The second kappa shape index (κ2) is 5.31. The zero-order chi connectivity index (χ0) is 10.6. The van der Waals surface area contributed by atoms with Gasteiger partial charge in [0.1, 0.15) is 0 Å². The molecule has 2 heteroatoms. The fourth-order valence-corrected chi connectivity index (χ4v) is 2.84. The summed E-state index contributed by atoms with van der Waals surface area (Å²) in [4.78, 5) is 0. The summed E-state index contributed by atoms with van der Waals surface area (Å²) in [6.07, 6.45) is 8.29. The van der Waals surface area contributed by atoms with Crippen molar-refractivity contribution < 1.29 is 4.74 Å². The quantitative estimate of drug-likeness (QED) is 0.754. The highest BCUT2D eigenvalue weighted by molar-refractivity contribution is 4.88. The number of hydrogen-bond acceptors (Lipinski definition) is 2. The lowest BCUT2D eigenvalue weighted by Crippen LogP contribution is -2.41. The second-order valence-electron chi connectivity index (χ2n) is 5.42. The van der Waals surface area contributed by atoms with Gasteiger partial charge in [0.2, 0.25) is 0 Å². The molecule has 0 aromatic rings. The van der Waals surface area contributed by atoms with Gasteiger partial charge >= 0.3 is 0 Å². The summed E-state index contributed by atoms with van der Waals surface area (Å²) < 4.78 is 5.49. The molecule has 1 heterocycles.